The van der Waals surface area contributed by atoms with Crippen LogP contribution < -0.4 is 0 Å². The van der Waals surface area contributed by atoms with Gasteiger partial charge in [-0.05, 0) is 0 Å². The summed E-state index contributed by atoms with van der Waals surface area (Å²) in [6.45, 7) is -2.19. The maximum atomic E-state index is 12.5. The van der Waals surface area contributed by atoms with Crippen LogP contribution in [0.4, 0.5) is 26.3 Å². The minimum Gasteiger partial charge on any atom is -0.481 e. The first kappa shape index (κ1) is 16.5. The van der Waals surface area contributed by atoms with Gasteiger partial charge in [-0.2, -0.15) is 26.3 Å². The van der Waals surface area contributed by atoms with Gasteiger partial charge < -0.3 is 14.7 Å². The molecule has 0 saturated carbocycles. The second kappa shape index (κ2) is 5.46. The highest BCUT2D eigenvalue weighted by atomic mass is 19.4. The van der Waals surface area contributed by atoms with Crippen LogP contribution in [0.25, 0.3) is 0 Å². The van der Waals surface area contributed by atoms with Gasteiger partial charge >= 0.3 is 24.2 Å². The van der Waals surface area contributed by atoms with Crippen LogP contribution in [0.15, 0.2) is 0 Å². The molecule has 2 atom stereocenters. The van der Waals surface area contributed by atoms with Crippen molar-refractivity contribution in [3.05, 3.63) is 0 Å². The molecule has 0 unspecified atom stereocenters. The molecular formula is C9H9F6NO4. The number of morpholine rings is 1. The molecule has 1 rings (SSSR count). The molecule has 0 bridgehead atoms. The van der Waals surface area contributed by atoms with E-state index < -0.39 is 55.9 Å². The third-order valence-electron chi connectivity index (χ3n) is 2.46. The van der Waals surface area contributed by atoms with E-state index in [0.717, 1.165) is 0 Å². The van der Waals surface area contributed by atoms with Crippen LogP contribution in [0, 0.1) is 0 Å². The normalized spacial score (nSPS) is 24.6. The lowest BCUT2D eigenvalue weighted by Crippen LogP contribution is -2.57. The van der Waals surface area contributed by atoms with Gasteiger partial charge in [-0.1, -0.05) is 0 Å². The lowest BCUT2D eigenvalue weighted by atomic mass is 10.1. The minimum absolute atomic E-state index is 0.0880. The number of halogens is 6. The molecule has 0 aliphatic carbocycles. The van der Waals surface area contributed by atoms with Crippen molar-refractivity contribution >= 4 is 11.9 Å². The van der Waals surface area contributed by atoms with E-state index in [4.69, 9.17) is 5.11 Å². The zero-order valence-corrected chi connectivity index (χ0v) is 9.66. The molecule has 116 valence electrons. The SMILES string of the molecule is O=C(O)C[C@@H]1CN(C(=O)C(F)(F)F)C[C@@H](C(F)(F)F)O1. The van der Waals surface area contributed by atoms with Crippen LogP contribution in [0.3, 0.4) is 0 Å². The van der Waals surface area contributed by atoms with Crippen LogP contribution in [-0.4, -0.2) is 59.5 Å². The average Bonchev–Trinajstić information content (AvgIpc) is 2.24. The lowest BCUT2D eigenvalue weighted by molar-refractivity contribution is -0.258. The van der Waals surface area contributed by atoms with E-state index in [1.807, 2.05) is 0 Å². The summed E-state index contributed by atoms with van der Waals surface area (Å²) >= 11 is 0. The van der Waals surface area contributed by atoms with Crippen LogP contribution in [0.2, 0.25) is 0 Å². The summed E-state index contributed by atoms with van der Waals surface area (Å²) in [4.78, 5) is 21.3. The fraction of sp³-hybridized carbons (Fsp3) is 0.778. The topological polar surface area (TPSA) is 66.8 Å². The first-order chi connectivity index (χ1) is 8.91. The summed E-state index contributed by atoms with van der Waals surface area (Å²) < 4.78 is 78.5. The van der Waals surface area contributed by atoms with Gasteiger partial charge in [0.25, 0.3) is 0 Å². The summed E-state index contributed by atoms with van der Waals surface area (Å²) in [5.41, 5.74) is 0. The van der Waals surface area contributed by atoms with E-state index in [0.29, 0.717) is 0 Å². The van der Waals surface area contributed by atoms with Crippen molar-refractivity contribution in [3.63, 3.8) is 0 Å². The summed E-state index contributed by atoms with van der Waals surface area (Å²) in [6.07, 6.45) is -15.6. The van der Waals surface area contributed by atoms with Crippen LogP contribution in [0.5, 0.6) is 0 Å². The highest BCUT2D eigenvalue weighted by Gasteiger charge is 2.51. The Morgan fingerprint density at radius 1 is 1.15 bits per heavy atom. The number of carboxylic acid groups (broad SMARTS) is 1. The van der Waals surface area contributed by atoms with Crippen molar-refractivity contribution in [1.29, 1.82) is 0 Å². The average molecular weight is 309 g/mol. The number of hydrogen-bond acceptors (Lipinski definition) is 3. The Bertz CT molecular complexity index is 393. The number of alkyl halides is 6. The first-order valence-electron chi connectivity index (χ1n) is 5.21. The van der Waals surface area contributed by atoms with E-state index in [2.05, 4.69) is 4.74 Å². The van der Waals surface area contributed by atoms with Crippen LogP contribution in [-0.2, 0) is 14.3 Å². The third-order valence-corrected chi connectivity index (χ3v) is 2.46. The van der Waals surface area contributed by atoms with E-state index in [9.17, 15) is 35.9 Å². The van der Waals surface area contributed by atoms with Gasteiger partial charge in [0.05, 0.1) is 19.1 Å². The number of nitrogens with zero attached hydrogens (tertiary/aromatic N) is 1. The second-order valence-electron chi connectivity index (χ2n) is 4.09. The zero-order valence-electron chi connectivity index (χ0n) is 9.66. The number of aliphatic carboxylic acids is 1. The number of rotatable bonds is 2. The molecule has 0 aromatic heterocycles. The summed E-state index contributed by atoms with van der Waals surface area (Å²) in [6, 6.07) is 0. The molecule has 1 fully saturated rings. The molecule has 0 spiro atoms. The van der Waals surface area contributed by atoms with Crippen LogP contribution >= 0.6 is 0 Å². The number of carboxylic acids is 1. The Labute approximate surface area is 108 Å². The molecule has 1 amide bonds. The largest absolute Gasteiger partial charge is 0.481 e. The fourth-order valence-corrected chi connectivity index (χ4v) is 1.67. The predicted octanol–water partition coefficient (Wildman–Crippen LogP) is 1.18. The summed E-state index contributed by atoms with van der Waals surface area (Å²) in [5, 5.41) is 8.45. The molecule has 0 aromatic rings. The molecule has 11 heteroatoms. The quantitative estimate of drug-likeness (QED) is 0.778. The minimum atomic E-state index is -5.33. The second-order valence-corrected chi connectivity index (χ2v) is 4.09. The Hall–Kier alpha value is -1.52. The number of amides is 1. The molecular weight excluding hydrogens is 300 g/mol. The fourth-order valence-electron chi connectivity index (χ4n) is 1.67. The Morgan fingerprint density at radius 3 is 2.10 bits per heavy atom. The van der Waals surface area contributed by atoms with E-state index in [-0.39, 0.29) is 4.90 Å². The molecule has 0 aromatic carbocycles. The van der Waals surface area contributed by atoms with Gasteiger partial charge in [0.1, 0.15) is 0 Å². The van der Waals surface area contributed by atoms with Gasteiger partial charge in [0.15, 0.2) is 6.10 Å². The maximum Gasteiger partial charge on any atom is 0.471 e. The molecule has 0 radical (unpaired) electrons. The van der Waals surface area contributed by atoms with Gasteiger partial charge in [-0.25, -0.2) is 0 Å². The van der Waals surface area contributed by atoms with Gasteiger partial charge in [0.2, 0.25) is 0 Å². The molecule has 1 aliphatic rings. The molecule has 5 nitrogen and oxygen atoms in total. The summed E-state index contributed by atoms with van der Waals surface area (Å²) in [5.74, 6) is -4.00. The Morgan fingerprint density at radius 2 is 1.70 bits per heavy atom. The van der Waals surface area contributed by atoms with Crippen LogP contribution in [0.1, 0.15) is 6.42 Å². The monoisotopic (exact) mass is 309 g/mol. The lowest BCUT2D eigenvalue weighted by Gasteiger charge is -2.38. The highest BCUT2D eigenvalue weighted by Crippen LogP contribution is 2.30. The van der Waals surface area contributed by atoms with Crippen molar-refractivity contribution < 1.29 is 45.8 Å². The number of hydrogen-bond donors (Lipinski definition) is 1. The maximum absolute atomic E-state index is 12.5. The van der Waals surface area contributed by atoms with E-state index in [1.165, 1.54) is 0 Å². The number of carbonyl (C=O) groups is 2. The van der Waals surface area contributed by atoms with E-state index in [1.54, 1.807) is 0 Å². The van der Waals surface area contributed by atoms with Crippen molar-refractivity contribution in [1.82, 2.24) is 4.90 Å². The van der Waals surface area contributed by atoms with Crippen molar-refractivity contribution in [3.8, 4) is 0 Å². The highest BCUT2D eigenvalue weighted by molar-refractivity contribution is 5.82. The van der Waals surface area contributed by atoms with Gasteiger partial charge in [-0.15, -0.1) is 0 Å². The molecule has 1 saturated heterocycles. The zero-order chi connectivity index (χ0) is 15.7. The molecule has 1 heterocycles. The third kappa shape index (κ3) is 4.25. The Balaban J connectivity index is 2.90. The van der Waals surface area contributed by atoms with E-state index >= 15 is 0 Å². The van der Waals surface area contributed by atoms with Gasteiger partial charge in [0, 0.05) is 6.54 Å². The van der Waals surface area contributed by atoms with Crippen molar-refractivity contribution in [2.24, 2.45) is 0 Å². The predicted molar refractivity (Wildman–Crippen MR) is 49.6 cm³/mol. The smallest absolute Gasteiger partial charge is 0.471 e. The number of carbonyl (C=O) groups excluding carboxylic acids is 1. The summed E-state index contributed by atoms with van der Waals surface area (Å²) in [7, 11) is 0. The number of ether oxygens (including phenoxy) is 1. The Kier molecular flexibility index (Phi) is 4.52. The standard InChI is InChI=1S/C9H9F6NO4/c10-8(11,12)5-3-16(7(19)9(13,14)15)2-4(20-5)1-6(17)18/h4-5H,1-3H2,(H,17,18)/t4-,5+/m1/s1. The molecule has 1 N–H and O–H groups in total. The van der Waals surface area contributed by atoms with Crippen molar-refractivity contribution in [2.45, 2.75) is 31.0 Å². The van der Waals surface area contributed by atoms with Crippen molar-refractivity contribution in [2.75, 3.05) is 13.1 Å². The van der Waals surface area contributed by atoms with Gasteiger partial charge in [-0.3, -0.25) is 9.59 Å². The molecule has 1 aliphatic heterocycles. The first-order valence-corrected chi connectivity index (χ1v) is 5.21. The molecule has 20 heavy (non-hydrogen) atoms.